The molecule has 0 radical (unpaired) electrons. The summed E-state index contributed by atoms with van der Waals surface area (Å²) in [6.07, 6.45) is 0.661. The van der Waals surface area contributed by atoms with Gasteiger partial charge >= 0.3 is 0 Å². The van der Waals surface area contributed by atoms with Crippen molar-refractivity contribution in [2.45, 2.75) is 0 Å². The number of rotatable bonds is 0. The van der Waals surface area contributed by atoms with E-state index in [0.717, 1.165) is 0 Å². The van der Waals surface area contributed by atoms with E-state index in [1.54, 1.807) is 0 Å². The fourth-order valence-corrected chi connectivity index (χ4v) is 1.03. The van der Waals surface area contributed by atoms with Gasteiger partial charge in [0.1, 0.15) is 5.83 Å². The Balaban J connectivity index is 3.27. The monoisotopic (exact) mass is 207 g/mol. The van der Waals surface area contributed by atoms with Crippen LogP contribution in [0.5, 0.6) is 0 Å². The molecule has 0 aromatic carbocycles. The predicted octanol–water partition coefficient (Wildman–Crippen LogP) is 2.57. The lowest BCUT2D eigenvalue weighted by molar-refractivity contribution is 0.662. The van der Waals surface area contributed by atoms with Gasteiger partial charge < -0.3 is 5.41 Å². The van der Waals surface area contributed by atoms with Crippen molar-refractivity contribution in [3.63, 3.8) is 0 Å². The average Bonchev–Trinajstić information content (AvgIpc) is 2.02. The van der Waals surface area contributed by atoms with Crippen molar-refractivity contribution in [2.75, 3.05) is 0 Å². The molecule has 0 bridgehead atoms. The van der Waals surface area contributed by atoms with Crippen LogP contribution in [0.1, 0.15) is 0 Å². The molecule has 1 aliphatic carbocycles. The number of allylic oxidation sites excluding steroid dienone is 4. The van der Waals surface area contributed by atoms with E-state index in [9.17, 15) is 8.78 Å². The van der Waals surface area contributed by atoms with Gasteiger partial charge in [-0.2, -0.15) is 0 Å². The molecular formula is C6H2ClF2N2S-. The topological polar surface area (TPSA) is 34.7 Å². The highest BCUT2D eigenvalue weighted by Gasteiger charge is 2.18. The molecule has 0 aromatic rings. The van der Waals surface area contributed by atoms with Crippen LogP contribution in [0.2, 0.25) is 0 Å². The maximum absolute atomic E-state index is 12.8. The Morgan fingerprint density at radius 3 is 2.58 bits per heavy atom. The van der Waals surface area contributed by atoms with Crippen LogP contribution >= 0.6 is 24.4 Å². The van der Waals surface area contributed by atoms with Crippen molar-refractivity contribution in [3.05, 3.63) is 28.2 Å². The van der Waals surface area contributed by atoms with Crippen LogP contribution in [-0.4, -0.2) is 11.4 Å². The van der Waals surface area contributed by atoms with Crippen LogP contribution in [0.25, 0.3) is 5.41 Å². The molecule has 0 unspecified atom stereocenters. The standard InChI is InChI=1S/C6H2ClF2N2S/c7-2-1-3(8)5(10)6(11-12)4(2)9/h1,12H/q-1/b11-6-. The SMILES string of the molecule is [N-]=C1C(F)=CC(Cl)=C(F)/C1=N/S. The molecule has 0 heterocycles. The first kappa shape index (κ1) is 9.41. The van der Waals surface area contributed by atoms with E-state index < -0.39 is 28.1 Å². The maximum Gasteiger partial charge on any atom is 0.166 e. The summed E-state index contributed by atoms with van der Waals surface area (Å²) in [5.74, 6) is -2.03. The smallest absolute Gasteiger partial charge is 0.166 e. The summed E-state index contributed by atoms with van der Waals surface area (Å²) in [6.45, 7) is 0. The summed E-state index contributed by atoms with van der Waals surface area (Å²) >= 11 is 8.59. The van der Waals surface area contributed by atoms with Crippen LogP contribution < -0.4 is 0 Å². The first-order valence-electron chi connectivity index (χ1n) is 2.79. The Morgan fingerprint density at radius 2 is 2.08 bits per heavy atom. The number of hydrogen-bond acceptors (Lipinski definition) is 2. The first-order chi connectivity index (χ1) is 5.57. The van der Waals surface area contributed by atoms with Crippen molar-refractivity contribution < 1.29 is 8.78 Å². The molecule has 0 saturated carbocycles. The van der Waals surface area contributed by atoms with Crippen molar-refractivity contribution in [1.82, 2.24) is 0 Å². The quantitative estimate of drug-likeness (QED) is 0.468. The van der Waals surface area contributed by atoms with Crippen LogP contribution in [0, 0.1) is 0 Å². The van der Waals surface area contributed by atoms with Gasteiger partial charge in [-0.25, -0.2) is 13.2 Å². The molecule has 0 aliphatic heterocycles. The second-order valence-electron chi connectivity index (χ2n) is 1.95. The Hall–Kier alpha value is -0.680. The van der Waals surface area contributed by atoms with E-state index in [4.69, 9.17) is 17.0 Å². The van der Waals surface area contributed by atoms with E-state index in [-0.39, 0.29) is 0 Å². The fraction of sp³-hybridized carbons (Fsp3) is 0. The van der Waals surface area contributed by atoms with Crippen molar-refractivity contribution in [1.29, 1.82) is 0 Å². The number of nitrogens with zero attached hydrogens (tertiary/aromatic N) is 2. The molecule has 0 amide bonds. The van der Waals surface area contributed by atoms with Gasteiger partial charge in [-0.3, -0.25) is 0 Å². The van der Waals surface area contributed by atoms with Gasteiger partial charge in [0.2, 0.25) is 0 Å². The minimum atomic E-state index is -1.03. The molecule has 1 aliphatic rings. The van der Waals surface area contributed by atoms with E-state index in [1.807, 2.05) is 0 Å². The van der Waals surface area contributed by atoms with E-state index >= 15 is 0 Å². The number of hydrogen-bond donors (Lipinski definition) is 1. The van der Waals surface area contributed by atoms with Crippen LogP contribution in [-0.2, 0) is 0 Å². The molecule has 1 rings (SSSR count). The zero-order valence-electron chi connectivity index (χ0n) is 5.55. The summed E-state index contributed by atoms with van der Waals surface area (Å²) in [5, 5.41) is 8.44. The second kappa shape index (κ2) is 3.37. The molecule has 0 spiro atoms. The van der Waals surface area contributed by atoms with Gasteiger partial charge in [-0.1, -0.05) is 17.3 Å². The number of halogens is 3. The molecule has 0 aromatic heterocycles. The Labute approximate surface area is 77.7 Å². The van der Waals surface area contributed by atoms with Gasteiger partial charge in [-0.05, 0) is 18.9 Å². The molecule has 12 heavy (non-hydrogen) atoms. The minimum absolute atomic E-state index is 0.446. The summed E-state index contributed by atoms with van der Waals surface area (Å²) < 4.78 is 28.5. The zero-order valence-corrected chi connectivity index (χ0v) is 7.20. The van der Waals surface area contributed by atoms with Crippen molar-refractivity contribution in [3.8, 4) is 0 Å². The molecule has 0 atom stereocenters. The number of thiol groups is 1. The lowest BCUT2D eigenvalue weighted by Gasteiger charge is -2.16. The van der Waals surface area contributed by atoms with Gasteiger partial charge in [0, 0.05) is 0 Å². The highest BCUT2D eigenvalue weighted by molar-refractivity contribution is 7.79. The van der Waals surface area contributed by atoms with E-state index in [0.29, 0.717) is 6.08 Å². The Bertz CT molecular complexity index is 332. The molecule has 2 nitrogen and oxygen atoms in total. The van der Waals surface area contributed by atoms with Crippen LogP contribution in [0.4, 0.5) is 8.78 Å². The highest BCUT2D eigenvalue weighted by atomic mass is 35.5. The van der Waals surface area contributed by atoms with E-state index in [2.05, 4.69) is 17.2 Å². The lowest BCUT2D eigenvalue weighted by Crippen LogP contribution is -2.17. The summed E-state index contributed by atoms with van der Waals surface area (Å²) in [7, 11) is 0. The molecule has 6 heteroatoms. The summed E-state index contributed by atoms with van der Waals surface area (Å²) in [5.41, 5.74) is -1.49. The van der Waals surface area contributed by atoms with E-state index in [1.165, 1.54) is 0 Å². The average molecular weight is 208 g/mol. The van der Waals surface area contributed by atoms with Gasteiger partial charge in [0.25, 0.3) is 0 Å². The third kappa shape index (κ3) is 1.42. The molecular weight excluding hydrogens is 206 g/mol. The largest absolute Gasteiger partial charge is 0.800 e. The normalized spacial score (nSPS) is 21.8. The first-order valence-corrected chi connectivity index (χ1v) is 3.57. The molecule has 0 fully saturated rings. The predicted molar refractivity (Wildman–Crippen MR) is 48.0 cm³/mol. The van der Waals surface area contributed by atoms with Crippen molar-refractivity contribution >= 4 is 35.8 Å². The molecule has 0 saturated heterocycles. The third-order valence-electron chi connectivity index (χ3n) is 1.22. The molecule has 0 N–H and O–H groups in total. The van der Waals surface area contributed by atoms with Gasteiger partial charge in [0.05, 0.1) is 10.7 Å². The lowest BCUT2D eigenvalue weighted by atomic mass is 10.1. The maximum atomic E-state index is 12.8. The summed E-state index contributed by atoms with van der Waals surface area (Å²) in [6, 6.07) is 0. The second-order valence-corrected chi connectivity index (χ2v) is 2.56. The van der Waals surface area contributed by atoms with Crippen molar-refractivity contribution in [2.24, 2.45) is 4.40 Å². The fourth-order valence-electron chi connectivity index (χ4n) is 0.664. The van der Waals surface area contributed by atoms with Crippen LogP contribution in [0.3, 0.4) is 0 Å². The molecule has 64 valence electrons. The third-order valence-corrected chi connectivity index (χ3v) is 1.70. The van der Waals surface area contributed by atoms with Gasteiger partial charge in [0.15, 0.2) is 5.83 Å². The van der Waals surface area contributed by atoms with Gasteiger partial charge in [-0.15, -0.1) is 0 Å². The highest BCUT2D eigenvalue weighted by Crippen LogP contribution is 2.24. The zero-order chi connectivity index (χ0) is 9.30. The minimum Gasteiger partial charge on any atom is -0.800 e. The summed E-state index contributed by atoms with van der Waals surface area (Å²) in [4.78, 5) is 0. The Kier molecular flexibility index (Phi) is 2.64. The Morgan fingerprint density at radius 1 is 1.50 bits per heavy atom. The van der Waals surface area contributed by atoms with Crippen LogP contribution in [0.15, 0.2) is 27.2 Å².